The lowest BCUT2D eigenvalue weighted by atomic mass is 10.1. The molecule has 0 aliphatic carbocycles. The first-order valence-electron chi connectivity index (χ1n) is 9.86. The Morgan fingerprint density at radius 2 is 1.73 bits per heavy atom. The molecule has 1 aliphatic rings. The van der Waals surface area contributed by atoms with E-state index in [9.17, 15) is 9.59 Å². The fourth-order valence-electron chi connectivity index (χ4n) is 3.69. The molecule has 0 radical (unpaired) electrons. The number of aromatic nitrogens is 1. The van der Waals surface area contributed by atoms with E-state index in [1.807, 2.05) is 60.7 Å². The van der Waals surface area contributed by atoms with Crippen molar-refractivity contribution in [2.24, 2.45) is 0 Å². The Balaban J connectivity index is 1.36. The predicted molar refractivity (Wildman–Crippen MR) is 121 cm³/mol. The molecule has 1 aromatic heterocycles. The number of benzene rings is 3. The number of hydrogen-bond acceptors (Lipinski definition) is 4. The average molecular weight is 414 g/mol. The van der Waals surface area contributed by atoms with Crippen molar-refractivity contribution >= 4 is 44.7 Å². The van der Waals surface area contributed by atoms with Gasteiger partial charge in [-0.25, -0.2) is 4.98 Å². The molecule has 0 unspecified atom stereocenters. The number of amides is 2. The molecule has 0 atom stereocenters. The lowest BCUT2D eigenvalue weighted by Crippen LogP contribution is -2.27. The summed E-state index contributed by atoms with van der Waals surface area (Å²) in [5.74, 6) is -0.159. The normalized spacial score (nSPS) is 13.7. The summed E-state index contributed by atoms with van der Waals surface area (Å²) in [6, 6.07) is 23.0. The topological polar surface area (TPSA) is 62.3 Å². The molecule has 0 bridgehead atoms. The molecular formula is C24H19N3O2S. The zero-order valence-electron chi connectivity index (χ0n) is 16.2. The molecule has 2 amide bonds. The maximum absolute atomic E-state index is 12.9. The van der Waals surface area contributed by atoms with Crippen molar-refractivity contribution in [3.05, 3.63) is 78.4 Å². The van der Waals surface area contributed by atoms with Gasteiger partial charge in [0.25, 0.3) is 5.91 Å². The molecule has 5 rings (SSSR count). The maximum Gasteiger partial charge on any atom is 0.257 e. The molecule has 6 heteroatoms. The van der Waals surface area contributed by atoms with Crippen LogP contribution < -0.4 is 10.2 Å². The van der Waals surface area contributed by atoms with Crippen LogP contribution in [0, 0.1) is 0 Å². The molecule has 0 spiro atoms. The van der Waals surface area contributed by atoms with Gasteiger partial charge >= 0.3 is 0 Å². The van der Waals surface area contributed by atoms with Crippen LogP contribution in [-0.4, -0.2) is 23.3 Å². The highest BCUT2D eigenvalue weighted by Gasteiger charge is 2.25. The monoisotopic (exact) mass is 413 g/mol. The molecule has 1 saturated heterocycles. The van der Waals surface area contributed by atoms with Crippen LogP contribution in [-0.2, 0) is 4.79 Å². The second kappa shape index (κ2) is 7.72. The summed E-state index contributed by atoms with van der Waals surface area (Å²) in [4.78, 5) is 31.4. The number of nitrogens with zero attached hydrogens (tertiary/aromatic N) is 2. The van der Waals surface area contributed by atoms with E-state index >= 15 is 0 Å². The van der Waals surface area contributed by atoms with Gasteiger partial charge in [-0.2, -0.15) is 0 Å². The van der Waals surface area contributed by atoms with Gasteiger partial charge in [0, 0.05) is 24.2 Å². The number of carbonyl (C=O) groups excluding carboxylic acids is 2. The maximum atomic E-state index is 12.9. The molecule has 30 heavy (non-hydrogen) atoms. The Bertz CT molecular complexity index is 1210. The summed E-state index contributed by atoms with van der Waals surface area (Å²) in [5.41, 5.74) is 3.87. The third-order valence-electron chi connectivity index (χ3n) is 5.20. The van der Waals surface area contributed by atoms with Crippen LogP contribution >= 0.6 is 11.3 Å². The van der Waals surface area contributed by atoms with Crippen molar-refractivity contribution in [1.82, 2.24) is 4.98 Å². The number of rotatable bonds is 4. The van der Waals surface area contributed by atoms with E-state index in [4.69, 9.17) is 0 Å². The summed E-state index contributed by atoms with van der Waals surface area (Å²) >= 11 is 1.65. The summed E-state index contributed by atoms with van der Waals surface area (Å²) in [5, 5.41) is 3.90. The molecule has 5 nitrogen and oxygen atoms in total. The zero-order valence-corrected chi connectivity index (χ0v) is 17.0. The Hall–Kier alpha value is -3.51. The van der Waals surface area contributed by atoms with Crippen molar-refractivity contribution in [3.63, 3.8) is 0 Å². The largest absolute Gasteiger partial charge is 0.322 e. The van der Waals surface area contributed by atoms with Gasteiger partial charge in [-0.3, -0.25) is 9.59 Å². The van der Waals surface area contributed by atoms with Gasteiger partial charge in [0.1, 0.15) is 5.01 Å². The van der Waals surface area contributed by atoms with Gasteiger partial charge in [0.15, 0.2) is 0 Å². The highest BCUT2D eigenvalue weighted by Crippen LogP contribution is 2.31. The second-order valence-corrected chi connectivity index (χ2v) is 8.21. The summed E-state index contributed by atoms with van der Waals surface area (Å²) in [6.45, 7) is 0.653. The standard InChI is InChI=1S/C24H19N3O2S/c28-22-10-5-15-27(22)20-8-3-1-6-18(20)23(29)25-17-13-11-16(12-14-17)24-26-19-7-2-4-9-21(19)30-24/h1-4,6-9,11-14H,5,10,15H2,(H,25,29). The number of anilines is 2. The first-order valence-corrected chi connectivity index (χ1v) is 10.7. The Morgan fingerprint density at radius 3 is 2.50 bits per heavy atom. The van der Waals surface area contributed by atoms with Crippen LogP contribution in [0.15, 0.2) is 72.8 Å². The average Bonchev–Trinajstić information content (AvgIpc) is 3.40. The van der Waals surface area contributed by atoms with Crippen LogP contribution in [0.3, 0.4) is 0 Å². The first-order chi connectivity index (χ1) is 14.7. The quantitative estimate of drug-likeness (QED) is 0.491. The molecule has 1 fully saturated rings. The Kier molecular flexibility index (Phi) is 4.77. The SMILES string of the molecule is O=C(Nc1ccc(-c2nc3ccccc3s2)cc1)c1ccccc1N1CCCC1=O. The minimum Gasteiger partial charge on any atom is -0.322 e. The van der Waals surface area contributed by atoms with Gasteiger partial charge in [0.2, 0.25) is 5.91 Å². The molecule has 148 valence electrons. The molecular weight excluding hydrogens is 394 g/mol. The summed E-state index contributed by atoms with van der Waals surface area (Å²) in [7, 11) is 0. The number of nitrogens with one attached hydrogen (secondary N) is 1. The lowest BCUT2D eigenvalue weighted by molar-refractivity contribution is -0.117. The first kappa shape index (κ1) is 18.5. The van der Waals surface area contributed by atoms with Crippen molar-refractivity contribution in [3.8, 4) is 10.6 Å². The van der Waals surface area contributed by atoms with Crippen LogP contribution in [0.2, 0.25) is 0 Å². The highest BCUT2D eigenvalue weighted by atomic mass is 32.1. The van der Waals surface area contributed by atoms with E-state index in [1.54, 1.807) is 22.3 Å². The van der Waals surface area contributed by atoms with E-state index < -0.39 is 0 Å². The van der Waals surface area contributed by atoms with Crippen molar-refractivity contribution < 1.29 is 9.59 Å². The molecule has 1 aliphatic heterocycles. The van der Waals surface area contributed by atoms with Gasteiger partial charge < -0.3 is 10.2 Å². The van der Waals surface area contributed by atoms with Crippen LogP contribution in [0.1, 0.15) is 23.2 Å². The summed E-state index contributed by atoms with van der Waals surface area (Å²) < 4.78 is 1.15. The van der Waals surface area contributed by atoms with Gasteiger partial charge in [-0.15, -0.1) is 11.3 Å². The van der Waals surface area contributed by atoms with E-state index in [0.717, 1.165) is 27.2 Å². The lowest BCUT2D eigenvalue weighted by Gasteiger charge is -2.19. The fraction of sp³-hybridized carbons (Fsp3) is 0.125. The minimum atomic E-state index is -0.224. The smallest absolute Gasteiger partial charge is 0.257 e. The van der Waals surface area contributed by atoms with E-state index in [1.165, 1.54) is 0 Å². The predicted octanol–water partition coefficient (Wildman–Crippen LogP) is 5.34. The molecule has 3 aromatic carbocycles. The van der Waals surface area contributed by atoms with Gasteiger partial charge in [-0.1, -0.05) is 24.3 Å². The van der Waals surface area contributed by atoms with Crippen molar-refractivity contribution in [1.29, 1.82) is 0 Å². The molecule has 0 saturated carbocycles. The highest BCUT2D eigenvalue weighted by molar-refractivity contribution is 7.21. The van der Waals surface area contributed by atoms with Gasteiger partial charge in [0.05, 0.1) is 21.5 Å². The van der Waals surface area contributed by atoms with E-state index in [-0.39, 0.29) is 11.8 Å². The number of thiazole rings is 1. The fourth-order valence-corrected chi connectivity index (χ4v) is 4.67. The minimum absolute atomic E-state index is 0.0652. The van der Waals surface area contributed by atoms with Crippen molar-refractivity contribution in [2.45, 2.75) is 12.8 Å². The van der Waals surface area contributed by atoms with E-state index in [0.29, 0.717) is 29.9 Å². The molecule has 4 aromatic rings. The Morgan fingerprint density at radius 1 is 0.967 bits per heavy atom. The molecule has 2 heterocycles. The van der Waals surface area contributed by atoms with Crippen LogP contribution in [0.5, 0.6) is 0 Å². The third-order valence-corrected chi connectivity index (χ3v) is 6.28. The van der Waals surface area contributed by atoms with Crippen LogP contribution in [0.4, 0.5) is 11.4 Å². The zero-order chi connectivity index (χ0) is 20.5. The molecule has 1 N–H and O–H groups in total. The number of carbonyl (C=O) groups is 2. The second-order valence-electron chi connectivity index (χ2n) is 7.18. The third kappa shape index (κ3) is 3.46. The number of para-hydroxylation sites is 2. The summed E-state index contributed by atoms with van der Waals surface area (Å²) in [6.07, 6.45) is 1.35. The van der Waals surface area contributed by atoms with Crippen molar-refractivity contribution in [2.75, 3.05) is 16.8 Å². The van der Waals surface area contributed by atoms with E-state index in [2.05, 4.69) is 16.4 Å². The van der Waals surface area contributed by atoms with Gasteiger partial charge in [-0.05, 0) is 55.0 Å². The number of fused-ring (bicyclic) bond motifs is 1. The Labute approximate surface area is 178 Å². The van der Waals surface area contributed by atoms with Crippen LogP contribution in [0.25, 0.3) is 20.8 Å². The number of hydrogen-bond donors (Lipinski definition) is 1.